The first kappa shape index (κ1) is 13.6. The molecule has 18 heavy (non-hydrogen) atoms. The predicted molar refractivity (Wildman–Crippen MR) is 78.0 cm³/mol. The number of allylic oxidation sites excluding steroid dienone is 3. The van der Waals surface area contributed by atoms with E-state index >= 15 is 0 Å². The van der Waals surface area contributed by atoms with Gasteiger partial charge in [-0.2, -0.15) is 0 Å². The summed E-state index contributed by atoms with van der Waals surface area (Å²) >= 11 is 6.17. The molecule has 1 fully saturated rings. The average molecular weight is 268 g/mol. The summed E-state index contributed by atoms with van der Waals surface area (Å²) in [6.45, 7) is 6.49. The molecular weight excluding hydrogens is 246 g/mol. The molecule has 4 heteroatoms. The van der Waals surface area contributed by atoms with Crippen LogP contribution >= 0.6 is 11.6 Å². The van der Waals surface area contributed by atoms with Crippen molar-refractivity contribution in [3.8, 4) is 0 Å². The number of halogens is 1. The van der Waals surface area contributed by atoms with Crippen LogP contribution in [-0.4, -0.2) is 48.2 Å². The van der Waals surface area contributed by atoms with Gasteiger partial charge in [0.1, 0.15) is 11.0 Å². The lowest BCUT2D eigenvalue weighted by atomic mass is 10.1. The molecule has 100 valence electrons. The lowest BCUT2D eigenvalue weighted by molar-refractivity contribution is 0.323. The van der Waals surface area contributed by atoms with Gasteiger partial charge in [0.25, 0.3) is 0 Å². The van der Waals surface area contributed by atoms with Crippen LogP contribution in [0.5, 0.6) is 0 Å². The average Bonchev–Trinajstić information content (AvgIpc) is 2.50. The van der Waals surface area contributed by atoms with Gasteiger partial charge in [-0.25, -0.2) is 4.99 Å². The van der Waals surface area contributed by atoms with Crippen molar-refractivity contribution in [3.05, 3.63) is 23.5 Å². The number of hydrogen-bond donors (Lipinski definition) is 0. The minimum Gasteiger partial charge on any atom is -0.356 e. The second kappa shape index (κ2) is 6.39. The summed E-state index contributed by atoms with van der Waals surface area (Å²) in [6, 6.07) is 0. The maximum absolute atomic E-state index is 6.17. The Balaban J connectivity index is 2.11. The molecule has 0 atom stereocenters. The Morgan fingerprint density at radius 2 is 2.06 bits per heavy atom. The lowest BCUT2D eigenvalue weighted by Crippen LogP contribution is -2.28. The molecule has 0 unspecified atom stereocenters. The van der Waals surface area contributed by atoms with E-state index in [1.807, 2.05) is 6.08 Å². The van der Waals surface area contributed by atoms with Gasteiger partial charge in [0.05, 0.1) is 0 Å². The Hall–Kier alpha value is -0.800. The van der Waals surface area contributed by atoms with E-state index < -0.39 is 0 Å². The lowest BCUT2D eigenvalue weighted by Gasteiger charge is -2.23. The van der Waals surface area contributed by atoms with Crippen LogP contribution in [0.4, 0.5) is 0 Å². The molecule has 0 saturated carbocycles. The third-order valence-electron chi connectivity index (χ3n) is 3.50. The van der Waals surface area contributed by atoms with Crippen LogP contribution in [0.15, 0.2) is 28.5 Å². The Bertz CT molecular complexity index is 385. The molecule has 0 spiro atoms. The van der Waals surface area contributed by atoms with Crippen molar-refractivity contribution in [2.24, 2.45) is 4.99 Å². The fraction of sp³-hybridized carbons (Fsp3) is 0.643. The van der Waals surface area contributed by atoms with Crippen LogP contribution < -0.4 is 0 Å². The number of nitrogens with zero attached hydrogens (tertiary/aromatic N) is 3. The van der Waals surface area contributed by atoms with E-state index in [1.165, 1.54) is 18.5 Å². The van der Waals surface area contributed by atoms with Crippen molar-refractivity contribution >= 4 is 16.8 Å². The summed E-state index contributed by atoms with van der Waals surface area (Å²) in [4.78, 5) is 9.29. The van der Waals surface area contributed by atoms with Crippen molar-refractivity contribution in [3.63, 3.8) is 0 Å². The third-order valence-corrected chi connectivity index (χ3v) is 3.69. The maximum atomic E-state index is 6.17. The standard InChI is InChI=1S/C14H22ClN3/c1-12-5-3-6-14(16-13(15)11-12)18-8-4-7-17(2)9-10-18/h6,11H,3-5,7-10H2,1-2H3/b12-11+,14-6+,16-13+. The van der Waals surface area contributed by atoms with Gasteiger partial charge in [-0.15, -0.1) is 0 Å². The molecule has 1 saturated heterocycles. The molecule has 3 nitrogen and oxygen atoms in total. The number of rotatable bonds is 1. The summed E-state index contributed by atoms with van der Waals surface area (Å²) in [5, 5.41) is 0.607. The van der Waals surface area contributed by atoms with E-state index in [4.69, 9.17) is 11.6 Å². The molecule has 0 aromatic heterocycles. The molecule has 0 amide bonds. The summed E-state index contributed by atoms with van der Waals surface area (Å²) < 4.78 is 0. The van der Waals surface area contributed by atoms with Gasteiger partial charge in [0.2, 0.25) is 0 Å². The highest BCUT2D eigenvalue weighted by Gasteiger charge is 2.15. The highest BCUT2D eigenvalue weighted by Crippen LogP contribution is 2.18. The molecule has 0 aromatic rings. The van der Waals surface area contributed by atoms with E-state index in [-0.39, 0.29) is 0 Å². The molecule has 0 aromatic carbocycles. The van der Waals surface area contributed by atoms with Crippen LogP contribution in [0.25, 0.3) is 0 Å². The number of aliphatic imine (C=N–C) groups is 1. The van der Waals surface area contributed by atoms with E-state index in [0.29, 0.717) is 5.17 Å². The zero-order valence-electron chi connectivity index (χ0n) is 11.3. The van der Waals surface area contributed by atoms with Gasteiger partial charge < -0.3 is 9.80 Å². The molecule has 0 bridgehead atoms. The smallest absolute Gasteiger partial charge is 0.131 e. The quantitative estimate of drug-likeness (QED) is 0.728. The first-order valence-corrected chi connectivity index (χ1v) is 7.08. The monoisotopic (exact) mass is 267 g/mol. The fourth-order valence-electron chi connectivity index (χ4n) is 2.37. The van der Waals surface area contributed by atoms with Gasteiger partial charge in [-0.1, -0.05) is 17.2 Å². The molecule has 2 aliphatic heterocycles. The third kappa shape index (κ3) is 3.85. The first-order valence-electron chi connectivity index (χ1n) is 6.70. The van der Waals surface area contributed by atoms with Crippen LogP contribution in [0.1, 0.15) is 26.2 Å². The summed E-state index contributed by atoms with van der Waals surface area (Å²) in [5.74, 6) is 1.05. The zero-order chi connectivity index (χ0) is 13.0. The van der Waals surface area contributed by atoms with Crippen LogP contribution in [0.3, 0.4) is 0 Å². The number of likely N-dealkylation sites (N-methyl/N-ethyl adjacent to an activating group) is 1. The number of hydrogen-bond acceptors (Lipinski definition) is 3. The molecule has 0 aliphatic carbocycles. The van der Waals surface area contributed by atoms with Crippen LogP contribution in [0.2, 0.25) is 0 Å². The van der Waals surface area contributed by atoms with Crippen LogP contribution in [-0.2, 0) is 0 Å². The summed E-state index contributed by atoms with van der Waals surface area (Å²) in [5.41, 5.74) is 1.30. The zero-order valence-corrected chi connectivity index (χ0v) is 12.1. The van der Waals surface area contributed by atoms with E-state index in [2.05, 4.69) is 34.8 Å². The Labute approximate surface area is 115 Å². The van der Waals surface area contributed by atoms with Gasteiger partial charge in [0, 0.05) is 19.6 Å². The first-order chi connectivity index (χ1) is 8.65. The Morgan fingerprint density at radius 1 is 1.22 bits per heavy atom. The normalized spacial score (nSPS) is 32.2. The van der Waals surface area contributed by atoms with E-state index in [9.17, 15) is 0 Å². The minimum absolute atomic E-state index is 0.607. The minimum atomic E-state index is 0.607. The molecule has 2 heterocycles. The second-order valence-corrected chi connectivity index (χ2v) is 5.56. The predicted octanol–water partition coefficient (Wildman–Crippen LogP) is 2.84. The molecule has 0 N–H and O–H groups in total. The van der Waals surface area contributed by atoms with Crippen molar-refractivity contribution in [2.75, 3.05) is 33.2 Å². The topological polar surface area (TPSA) is 18.8 Å². The summed E-state index contributed by atoms with van der Waals surface area (Å²) in [7, 11) is 2.18. The largest absolute Gasteiger partial charge is 0.356 e. The maximum Gasteiger partial charge on any atom is 0.131 e. The summed E-state index contributed by atoms with van der Waals surface area (Å²) in [6.07, 6.45) is 7.53. The molecule has 2 rings (SSSR count). The Kier molecular flexibility index (Phi) is 4.84. The van der Waals surface area contributed by atoms with E-state index in [1.54, 1.807) is 0 Å². The van der Waals surface area contributed by atoms with Gasteiger partial charge in [-0.3, -0.25) is 0 Å². The van der Waals surface area contributed by atoms with Crippen molar-refractivity contribution in [2.45, 2.75) is 26.2 Å². The highest BCUT2D eigenvalue weighted by atomic mass is 35.5. The van der Waals surface area contributed by atoms with Crippen LogP contribution in [0, 0.1) is 0 Å². The Morgan fingerprint density at radius 3 is 2.89 bits per heavy atom. The van der Waals surface area contributed by atoms with Gasteiger partial charge >= 0.3 is 0 Å². The van der Waals surface area contributed by atoms with Crippen molar-refractivity contribution < 1.29 is 0 Å². The highest BCUT2D eigenvalue weighted by molar-refractivity contribution is 6.68. The fourth-order valence-corrected chi connectivity index (χ4v) is 2.64. The van der Waals surface area contributed by atoms with E-state index in [0.717, 1.165) is 38.3 Å². The van der Waals surface area contributed by atoms with Gasteiger partial charge in [0.15, 0.2) is 0 Å². The molecular formula is C14H22ClN3. The van der Waals surface area contributed by atoms with Gasteiger partial charge in [-0.05, 0) is 51.9 Å². The van der Waals surface area contributed by atoms with Crippen molar-refractivity contribution in [1.29, 1.82) is 0 Å². The SMILES string of the molecule is C\C1=C/C(Cl)=N\C(N2CCCN(C)CC2)=C/CC1. The molecule has 2 aliphatic rings. The molecule has 0 radical (unpaired) electrons. The second-order valence-electron chi connectivity index (χ2n) is 5.17. The van der Waals surface area contributed by atoms with Crippen molar-refractivity contribution in [1.82, 2.24) is 9.80 Å².